The zero-order valence-electron chi connectivity index (χ0n) is 13.2. The van der Waals surface area contributed by atoms with Gasteiger partial charge in [0.25, 0.3) is 0 Å². The number of benzene rings is 2. The summed E-state index contributed by atoms with van der Waals surface area (Å²) in [6.07, 6.45) is 1.93. The molecule has 1 saturated heterocycles. The summed E-state index contributed by atoms with van der Waals surface area (Å²) in [6, 6.07) is 14.9. The molecule has 0 aromatic heterocycles. The maximum atomic E-state index is 5.39. The highest BCUT2D eigenvalue weighted by molar-refractivity contribution is 5.83. The van der Waals surface area contributed by atoms with E-state index in [4.69, 9.17) is 4.74 Å². The Balaban J connectivity index is 1.71. The standard InChI is InChI=1S/C19H22N2O/c1-15-3-8-19(16(2)13-15)20-14-17-4-6-18(7-5-17)21-9-11-22-12-10-21/h3-8,13-14H,9-12H2,1-2H3. The first-order valence-corrected chi connectivity index (χ1v) is 7.76. The lowest BCUT2D eigenvalue weighted by Gasteiger charge is -2.28. The van der Waals surface area contributed by atoms with E-state index in [0.29, 0.717) is 0 Å². The number of nitrogens with zero attached hydrogens (tertiary/aromatic N) is 2. The van der Waals surface area contributed by atoms with E-state index in [1.54, 1.807) is 0 Å². The molecule has 0 bridgehead atoms. The molecule has 0 saturated carbocycles. The first kappa shape index (κ1) is 14.8. The van der Waals surface area contributed by atoms with Gasteiger partial charge in [-0.05, 0) is 43.2 Å². The van der Waals surface area contributed by atoms with E-state index in [0.717, 1.165) is 37.6 Å². The van der Waals surface area contributed by atoms with Crippen LogP contribution in [0.25, 0.3) is 0 Å². The number of aryl methyl sites for hydroxylation is 2. The van der Waals surface area contributed by atoms with Gasteiger partial charge in [0.1, 0.15) is 0 Å². The van der Waals surface area contributed by atoms with Crippen LogP contribution in [0, 0.1) is 13.8 Å². The van der Waals surface area contributed by atoms with Gasteiger partial charge in [-0.15, -0.1) is 0 Å². The van der Waals surface area contributed by atoms with Crippen LogP contribution in [0.15, 0.2) is 47.5 Å². The van der Waals surface area contributed by atoms with Gasteiger partial charge in [-0.3, -0.25) is 4.99 Å². The molecule has 114 valence electrons. The van der Waals surface area contributed by atoms with Crippen molar-refractivity contribution >= 4 is 17.6 Å². The van der Waals surface area contributed by atoms with Gasteiger partial charge in [-0.2, -0.15) is 0 Å². The van der Waals surface area contributed by atoms with Crippen molar-refractivity contribution in [3.8, 4) is 0 Å². The largest absolute Gasteiger partial charge is 0.378 e. The molecule has 3 nitrogen and oxygen atoms in total. The average molecular weight is 294 g/mol. The van der Waals surface area contributed by atoms with E-state index in [2.05, 4.69) is 66.2 Å². The second kappa shape index (κ2) is 6.75. The van der Waals surface area contributed by atoms with Crippen LogP contribution in [0.2, 0.25) is 0 Å². The van der Waals surface area contributed by atoms with Crippen molar-refractivity contribution in [2.75, 3.05) is 31.2 Å². The monoisotopic (exact) mass is 294 g/mol. The van der Waals surface area contributed by atoms with Crippen molar-refractivity contribution in [3.63, 3.8) is 0 Å². The highest BCUT2D eigenvalue weighted by Gasteiger charge is 2.10. The van der Waals surface area contributed by atoms with Crippen LogP contribution in [-0.4, -0.2) is 32.5 Å². The fraction of sp³-hybridized carbons (Fsp3) is 0.316. The summed E-state index contributed by atoms with van der Waals surface area (Å²) in [4.78, 5) is 6.96. The van der Waals surface area contributed by atoms with Gasteiger partial charge in [0.2, 0.25) is 0 Å². The van der Waals surface area contributed by atoms with E-state index >= 15 is 0 Å². The molecule has 3 heteroatoms. The number of aliphatic imine (C=N–C) groups is 1. The summed E-state index contributed by atoms with van der Waals surface area (Å²) in [5, 5.41) is 0. The molecule has 2 aromatic carbocycles. The summed E-state index contributed by atoms with van der Waals surface area (Å²) in [5.41, 5.74) is 5.89. The molecule has 0 unspecified atom stereocenters. The minimum absolute atomic E-state index is 0.815. The van der Waals surface area contributed by atoms with Crippen molar-refractivity contribution in [3.05, 3.63) is 59.2 Å². The van der Waals surface area contributed by atoms with E-state index < -0.39 is 0 Å². The SMILES string of the molecule is Cc1ccc(N=Cc2ccc(N3CCOCC3)cc2)c(C)c1. The van der Waals surface area contributed by atoms with E-state index in [9.17, 15) is 0 Å². The highest BCUT2D eigenvalue weighted by Crippen LogP contribution is 2.20. The molecule has 22 heavy (non-hydrogen) atoms. The Morgan fingerprint density at radius 3 is 2.41 bits per heavy atom. The fourth-order valence-corrected chi connectivity index (χ4v) is 2.69. The molecular weight excluding hydrogens is 272 g/mol. The predicted molar refractivity (Wildman–Crippen MR) is 92.6 cm³/mol. The second-order valence-corrected chi connectivity index (χ2v) is 5.74. The Kier molecular flexibility index (Phi) is 4.54. The van der Waals surface area contributed by atoms with Crippen LogP contribution < -0.4 is 4.90 Å². The van der Waals surface area contributed by atoms with Gasteiger partial charge in [0, 0.05) is 25.0 Å². The quantitative estimate of drug-likeness (QED) is 0.802. The number of morpholine rings is 1. The van der Waals surface area contributed by atoms with Crippen molar-refractivity contribution < 1.29 is 4.74 Å². The summed E-state index contributed by atoms with van der Waals surface area (Å²) in [7, 11) is 0. The molecule has 1 heterocycles. The first-order valence-electron chi connectivity index (χ1n) is 7.76. The molecule has 1 aliphatic heterocycles. The number of anilines is 1. The fourth-order valence-electron chi connectivity index (χ4n) is 2.69. The lowest BCUT2D eigenvalue weighted by Crippen LogP contribution is -2.36. The Labute approximate surface area is 132 Å². The van der Waals surface area contributed by atoms with Gasteiger partial charge in [0.05, 0.1) is 18.9 Å². The van der Waals surface area contributed by atoms with Gasteiger partial charge >= 0.3 is 0 Å². The van der Waals surface area contributed by atoms with E-state index in [1.165, 1.54) is 16.8 Å². The topological polar surface area (TPSA) is 24.8 Å². The smallest absolute Gasteiger partial charge is 0.0659 e. The van der Waals surface area contributed by atoms with Crippen molar-refractivity contribution in [1.29, 1.82) is 0 Å². The summed E-state index contributed by atoms with van der Waals surface area (Å²) >= 11 is 0. The third kappa shape index (κ3) is 3.55. The number of rotatable bonds is 3. The van der Waals surface area contributed by atoms with Crippen LogP contribution >= 0.6 is 0 Å². The van der Waals surface area contributed by atoms with Crippen LogP contribution in [0.4, 0.5) is 11.4 Å². The molecule has 3 rings (SSSR count). The molecule has 0 spiro atoms. The Hall–Kier alpha value is -2.13. The lowest BCUT2D eigenvalue weighted by atomic mass is 10.1. The highest BCUT2D eigenvalue weighted by atomic mass is 16.5. The molecule has 0 radical (unpaired) electrons. The van der Waals surface area contributed by atoms with Gasteiger partial charge in [0.15, 0.2) is 0 Å². The maximum absolute atomic E-state index is 5.39. The molecule has 1 fully saturated rings. The van der Waals surface area contributed by atoms with Crippen molar-refractivity contribution in [2.45, 2.75) is 13.8 Å². The van der Waals surface area contributed by atoms with Gasteiger partial charge in [-0.25, -0.2) is 0 Å². The minimum atomic E-state index is 0.815. The maximum Gasteiger partial charge on any atom is 0.0659 e. The Morgan fingerprint density at radius 2 is 1.73 bits per heavy atom. The van der Waals surface area contributed by atoms with E-state index in [-0.39, 0.29) is 0 Å². The van der Waals surface area contributed by atoms with Crippen LogP contribution in [-0.2, 0) is 4.74 Å². The normalized spacial score (nSPS) is 15.5. The minimum Gasteiger partial charge on any atom is -0.378 e. The summed E-state index contributed by atoms with van der Waals surface area (Å²) in [5.74, 6) is 0. The third-order valence-corrected chi connectivity index (χ3v) is 3.97. The van der Waals surface area contributed by atoms with Crippen LogP contribution in [0.3, 0.4) is 0 Å². The Bertz CT molecular complexity index is 656. The molecule has 0 amide bonds. The lowest BCUT2D eigenvalue weighted by molar-refractivity contribution is 0.122. The number of ether oxygens (including phenoxy) is 1. The van der Waals surface area contributed by atoms with Crippen molar-refractivity contribution in [2.24, 2.45) is 4.99 Å². The number of hydrogen-bond acceptors (Lipinski definition) is 3. The summed E-state index contributed by atoms with van der Waals surface area (Å²) < 4.78 is 5.39. The molecule has 0 N–H and O–H groups in total. The van der Waals surface area contributed by atoms with Gasteiger partial charge < -0.3 is 9.64 Å². The summed E-state index contributed by atoms with van der Waals surface area (Å²) in [6.45, 7) is 7.77. The Morgan fingerprint density at radius 1 is 1.00 bits per heavy atom. The zero-order valence-corrected chi connectivity index (χ0v) is 13.2. The van der Waals surface area contributed by atoms with E-state index in [1.807, 2.05) is 6.21 Å². The molecular formula is C19H22N2O. The first-order chi connectivity index (χ1) is 10.7. The zero-order chi connectivity index (χ0) is 15.4. The molecule has 2 aromatic rings. The third-order valence-electron chi connectivity index (χ3n) is 3.97. The molecule has 1 aliphatic rings. The van der Waals surface area contributed by atoms with Crippen LogP contribution in [0.5, 0.6) is 0 Å². The average Bonchev–Trinajstić information content (AvgIpc) is 2.55. The predicted octanol–water partition coefficient (Wildman–Crippen LogP) is 3.89. The molecule has 0 aliphatic carbocycles. The number of hydrogen-bond donors (Lipinski definition) is 0. The van der Waals surface area contributed by atoms with Gasteiger partial charge in [-0.1, -0.05) is 29.8 Å². The second-order valence-electron chi connectivity index (χ2n) is 5.74. The molecule has 0 atom stereocenters. The van der Waals surface area contributed by atoms with Crippen molar-refractivity contribution in [1.82, 2.24) is 0 Å². The van der Waals surface area contributed by atoms with Crippen LogP contribution in [0.1, 0.15) is 16.7 Å².